The average molecular weight is 218 g/mol. The van der Waals surface area contributed by atoms with Gasteiger partial charge in [0.15, 0.2) is 6.10 Å². The van der Waals surface area contributed by atoms with Gasteiger partial charge >= 0.3 is 5.97 Å². The van der Waals surface area contributed by atoms with Gasteiger partial charge in [-0.1, -0.05) is 26.2 Å². The summed E-state index contributed by atoms with van der Waals surface area (Å²) >= 11 is 0. The zero-order valence-corrected chi connectivity index (χ0v) is 8.80. The van der Waals surface area contributed by atoms with Crippen molar-refractivity contribution in [2.45, 2.75) is 57.0 Å². The third-order valence-electron chi connectivity index (χ3n) is 2.63. The van der Waals surface area contributed by atoms with Crippen molar-refractivity contribution in [3.05, 3.63) is 0 Å². The molecular formula is C10H18O5. The number of ether oxygens (including phenoxy) is 1. The molecule has 15 heavy (non-hydrogen) atoms. The number of hydrogen-bond donors (Lipinski definition) is 3. The normalized spacial score (nSPS) is 28.5. The van der Waals surface area contributed by atoms with E-state index in [0.29, 0.717) is 0 Å². The summed E-state index contributed by atoms with van der Waals surface area (Å²) in [5, 5.41) is 26.9. The van der Waals surface area contributed by atoms with E-state index in [0.717, 1.165) is 25.7 Å². The van der Waals surface area contributed by atoms with Gasteiger partial charge in [0.1, 0.15) is 12.2 Å². The summed E-state index contributed by atoms with van der Waals surface area (Å²) in [6.45, 7) is 2.09. The standard InChI is InChI=1S/C10H18O5/c1-2-3-4-5-6-9(15-6)7(11)8(12)10(13)14/h6-9,11-12H,2-5H2,1H3,(H,13,14). The van der Waals surface area contributed by atoms with E-state index in [1.54, 1.807) is 0 Å². The van der Waals surface area contributed by atoms with Crippen molar-refractivity contribution in [2.75, 3.05) is 0 Å². The number of carboxylic acids is 1. The van der Waals surface area contributed by atoms with Gasteiger partial charge < -0.3 is 20.1 Å². The number of rotatable bonds is 7. The number of aliphatic hydroxyl groups is 2. The van der Waals surface area contributed by atoms with Crippen LogP contribution in [0.5, 0.6) is 0 Å². The minimum Gasteiger partial charge on any atom is -0.479 e. The zero-order valence-electron chi connectivity index (χ0n) is 8.80. The van der Waals surface area contributed by atoms with Crippen LogP contribution < -0.4 is 0 Å². The Balaban J connectivity index is 2.21. The molecule has 1 saturated heterocycles. The van der Waals surface area contributed by atoms with Crippen molar-refractivity contribution >= 4 is 5.97 Å². The van der Waals surface area contributed by atoms with E-state index in [2.05, 4.69) is 6.92 Å². The molecule has 0 aromatic heterocycles. The Morgan fingerprint density at radius 1 is 1.40 bits per heavy atom. The highest BCUT2D eigenvalue weighted by Crippen LogP contribution is 2.31. The van der Waals surface area contributed by atoms with Crippen molar-refractivity contribution < 1.29 is 24.9 Å². The summed E-state index contributed by atoms with van der Waals surface area (Å²) in [6.07, 6.45) is 0.394. The van der Waals surface area contributed by atoms with Crippen LogP contribution >= 0.6 is 0 Å². The molecule has 1 aliphatic rings. The van der Waals surface area contributed by atoms with Gasteiger partial charge in [0.05, 0.1) is 6.10 Å². The summed E-state index contributed by atoms with van der Waals surface area (Å²) in [5.74, 6) is -1.41. The van der Waals surface area contributed by atoms with Crippen LogP contribution in [-0.2, 0) is 9.53 Å². The van der Waals surface area contributed by atoms with Gasteiger partial charge in [-0.2, -0.15) is 0 Å². The highest BCUT2D eigenvalue weighted by Gasteiger charge is 2.47. The number of carboxylic acid groups (broad SMARTS) is 1. The SMILES string of the molecule is CCCCCC1OC1C(O)C(O)C(=O)O. The predicted molar refractivity (Wildman–Crippen MR) is 52.5 cm³/mol. The Labute approximate surface area is 88.7 Å². The van der Waals surface area contributed by atoms with Crippen molar-refractivity contribution in [1.82, 2.24) is 0 Å². The topological polar surface area (TPSA) is 90.3 Å². The van der Waals surface area contributed by atoms with Gasteiger partial charge in [-0.15, -0.1) is 0 Å². The molecule has 1 rings (SSSR count). The molecule has 0 aromatic rings. The minimum absolute atomic E-state index is 0.0828. The van der Waals surface area contributed by atoms with E-state index >= 15 is 0 Å². The molecule has 4 unspecified atom stereocenters. The van der Waals surface area contributed by atoms with E-state index in [1.807, 2.05) is 0 Å². The Kier molecular flexibility index (Phi) is 4.50. The minimum atomic E-state index is -1.74. The molecule has 0 aliphatic carbocycles. The first-order valence-electron chi connectivity index (χ1n) is 5.32. The van der Waals surface area contributed by atoms with E-state index in [9.17, 15) is 9.90 Å². The lowest BCUT2D eigenvalue weighted by molar-refractivity contribution is -0.153. The largest absolute Gasteiger partial charge is 0.479 e. The molecule has 0 bridgehead atoms. The monoisotopic (exact) mass is 218 g/mol. The summed E-state index contributed by atoms with van der Waals surface area (Å²) < 4.78 is 5.12. The molecule has 5 nitrogen and oxygen atoms in total. The summed E-state index contributed by atoms with van der Waals surface area (Å²) in [4.78, 5) is 10.4. The van der Waals surface area contributed by atoms with Crippen LogP contribution in [-0.4, -0.2) is 45.7 Å². The number of aliphatic hydroxyl groups excluding tert-OH is 2. The lowest BCUT2D eigenvalue weighted by atomic mass is 10.0. The molecule has 5 heteroatoms. The maximum Gasteiger partial charge on any atom is 0.335 e. The van der Waals surface area contributed by atoms with Crippen LogP contribution in [0, 0.1) is 0 Å². The first-order valence-corrected chi connectivity index (χ1v) is 5.32. The van der Waals surface area contributed by atoms with E-state index in [1.165, 1.54) is 0 Å². The maximum absolute atomic E-state index is 10.4. The second-order valence-electron chi connectivity index (χ2n) is 3.91. The molecule has 1 aliphatic heterocycles. The highest BCUT2D eigenvalue weighted by atomic mass is 16.6. The average Bonchev–Trinajstić information content (AvgIpc) is 2.95. The van der Waals surface area contributed by atoms with Gasteiger partial charge in [-0.05, 0) is 6.42 Å². The fourth-order valence-corrected chi connectivity index (χ4v) is 1.61. The molecule has 1 fully saturated rings. The number of hydrogen-bond acceptors (Lipinski definition) is 4. The van der Waals surface area contributed by atoms with E-state index in [4.69, 9.17) is 14.9 Å². The van der Waals surface area contributed by atoms with E-state index in [-0.39, 0.29) is 6.10 Å². The van der Waals surface area contributed by atoms with Gasteiger partial charge in [0.2, 0.25) is 0 Å². The van der Waals surface area contributed by atoms with Gasteiger partial charge in [-0.3, -0.25) is 0 Å². The first-order chi connectivity index (χ1) is 7.07. The van der Waals surface area contributed by atoms with Crippen molar-refractivity contribution in [3.8, 4) is 0 Å². The number of carbonyl (C=O) groups is 1. The van der Waals surface area contributed by atoms with Gasteiger partial charge in [0, 0.05) is 0 Å². The summed E-state index contributed by atoms with van der Waals surface area (Å²) in [7, 11) is 0. The van der Waals surface area contributed by atoms with Crippen molar-refractivity contribution in [1.29, 1.82) is 0 Å². The second-order valence-corrected chi connectivity index (χ2v) is 3.91. The third-order valence-corrected chi connectivity index (χ3v) is 2.63. The van der Waals surface area contributed by atoms with Crippen LogP contribution in [0.3, 0.4) is 0 Å². The van der Waals surface area contributed by atoms with Gasteiger partial charge in [0.25, 0.3) is 0 Å². The molecule has 0 amide bonds. The zero-order chi connectivity index (χ0) is 11.4. The molecule has 3 N–H and O–H groups in total. The fourth-order valence-electron chi connectivity index (χ4n) is 1.61. The smallest absolute Gasteiger partial charge is 0.335 e. The maximum atomic E-state index is 10.4. The molecule has 88 valence electrons. The fraction of sp³-hybridized carbons (Fsp3) is 0.900. The molecule has 4 atom stereocenters. The number of unbranched alkanes of at least 4 members (excludes halogenated alkanes) is 2. The highest BCUT2D eigenvalue weighted by molar-refractivity contribution is 5.72. The Bertz CT molecular complexity index is 218. The van der Waals surface area contributed by atoms with Crippen LogP contribution in [0.1, 0.15) is 32.6 Å². The van der Waals surface area contributed by atoms with Crippen LogP contribution in [0.2, 0.25) is 0 Å². The van der Waals surface area contributed by atoms with Crippen LogP contribution in [0.25, 0.3) is 0 Å². The summed E-state index contributed by atoms with van der Waals surface area (Å²) in [5.41, 5.74) is 0. The molecule has 0 aromatic carbocycles. The van der Waals surface area contributed by atoms with Crippen molar-refractivity contribution in [2.24, 2.45) is 0 Å². The van der Waals surface area contributed by atoms with Crippen molar-refractivity contribution in [3.63, 3.8) is 0 Å². The summed E-state index contributed by atoms with van der Waals surface area (Å²) in [6, 6.07) is 0. The van der Waals surface area contributed by atoms with Crippen LogP contribution in [0.4, 0.5) is 0 Å². The lowest BCUT2D eigenvalue weighted by Gasteiger charge is -2.10. The number of epoxide rings is 1. The number of aliphatic carboxylic acids is 1. The third kappa shape index (κ3) is 3.44. The molecule has 0 spiro atoms. The quantitative estimate of drug-likeness (QED) is 0.417. The Hall–Kier alpha value is -0.650. The Morgan fingerprint density at radius 3 is 2.60 bits per heavy atom. The van der Waals surface area contributed by atoms with Gasteiger partial charge in [-0.25, -0.2) is 4.79 Å². The van der Waals surface area contributed by atoms with Crippen LogP contribution in [0.15, 0.2) is 0 Å². The van der Waals surface area contributed by atoms with E-state index < -0.39 is 24.3 Å². The molecular weight excluding hydrogens is 200 g/mol. The molecule has 0 radical (unpaired) electrons. The molecule has 1 heterocycles. The first kappa shape index (κ1) is 12.4. The predicted octanol–water partition coefficient (Wildman–Crippen LogP) is 0.141. The molecule has 0 saturated carbocycles. The Morgan fingerprint density at radius 2 is 2.07 bits per heavy atom. The lowest BCUT2D eigenvalue weighted by Crippen LogP contribution is -2.38. The second kappa shape index (κ2) is 5.44.